The summed E-state index contributed by atoms with van der Waals surface area (Å²) in [5.41, 5.74) is 1.04. The molecule has 1 aromatic carbocycles. The SMILES string of the molecule is O=C(N[C@H]1CC[C@H](c2nnc(OCCOC(F)(F)F)o2)NC1)C1=C(Cl)c2ccccc2OC1. The van der Waals surface area contributed by atoms with E-state index in [0.29, 0.717) is 41.3 Å². The Morgan fingerprint density at radius 3 is 2.82 bits per heavy atom. The van der Waals surface area contributed by atoms with Crippen LogP contribution in [-0.4, -0.2) is 54.9 Å². The molecule has 9 nitrogen and oxygen atoms in total. The van der Waals surface area contributed by atoms with Crippen LogP contribution in [-0.2, 0) is 9.53 Å². The maximum Gasteiger partial charge on any atom is 0.522 e. The minimum absolute atomic E-state index is 0.0865. The highest BCUT2D eigenvalue weighted by atomic mass is 35.5. The van der Waals surface area contributed by atoms with Gasteiger partial charge in [-0.05, 0) is 25.0 Å². The highest BCUT2D eigenvalue weighted by molar-refractivity contribution is 6.51. The van der Waals surface area contributed by atoms with E-state index in [-0.39, 0.29) is 43.2 Å². The molecule has 178 valence electrons. The molecule has 13 heteroatoms. The van der Waals surface area contributed by atoms with E-state index in [1.165, 1.54) is 0 Å². The molecule has 2 aliphatic heterocycles. The highest BCUT2D eigenvalue weighted by Crippen LogP contribution is 2.35. The van der Waals surface area contributed by atoms with Gasteiger partial charge in [0.15, 0.2) is 0 Å². The Morgan fingerprint density at radius 1 is 1.24 bits per heavy atom. The van der Waals surface area contributed by atoms with Crippen molar-refractivity contribution in [1.29, 1.82) is 0 Å². The van der Waals surface area contributed by atoms with Gasteiger partial charge >= 0.3 is 12.4 Å². The van der Waals surface area contributed by atoms with Gasteiger partial charge < -0.3 is 24.5 Å². The highest BCUT2D eigenvalue weighted by Gasteiger charge is 2.30. The van der Waals surface area contributed by atoms with Crippen LogP contribution in [0.2, 0.25) is 0 Å². The molecule has 33 heavy (non-hydrogen) atoms. The van der Waals surface area contributed by atoms with E-state index in [0.717, 1.165) is 0 Å². The van der Waals surface area contributed by atoms with E-state index >= 15 is 0 Å². The number of nitrogens with one attached hydrogen (secondary N) is 2. The fourth-order valence-electron chi connectivity index (χ4n) is 3.48. The summed E-state index contributed by atoms with van der Waals surface area (Å²) in [6.45, 7) is -0.554. The maximum atomic E-state index is 12.7. The number of fused-ring (bicyclic) bond motifs is 1. The Balaban J connectivity index is 1.25. The number of para-hydroxylation sites is 1. The Bertz CT molecular complexity index is 1020. The molecule has 1 fully saturated rings. The third kappa shape index (κ3) is 5.95. The molecule has 1 amide bonds. The second kappa shape index (κ2) is 9.98. The molecule has 0 unspecified atom stereocenters. The fourth-order valence-corrected chi connectivity index (χ4v) is 3.78. The van der Waals surface area contributed by atoms with Gasteiger partial charge in [-0.1, -0.05) is 28.8 Å². The molecule has 2 aromatic rings. The van der Waals surface area contributed by atoms with Crippen LogP contribution in [0.1, 0.15) is 30.3 Å². The van der Waals surface area contributed by atoms with Crippen molar-refractivity contribution in [3.05, 3.63) is 41.3 Å². The average molecular weight is 489 g/mol. The Labute approximate surface area is 191 Å². The number of carbonyl (C=O) groups excluding carboxylic acids is 1. The summed E-state index contributed by atoms with van der Waals surface area (Å²) in [7, 11) is 0. The second-order valence-corrected chi connectivity index (χ2v) is 7.71. The minimum Gasteiger partial charge on any atom is -0.488 e. The molecule has 0 radical (unpaired) electrons. The van der Waals surface area contributed by atoms with Gasteiger partial charge in [0, 0.05) is 18.2 Å². The van der Waals surface area contributed by atoms with Crippen molar-refractivity contribution in [2.75, 3.05) is 26.4 Å². The molecule has 0 bridgehead atoms. The van der Waals surface area contributed by atoms with Gasteiger partial charge in [0.05, 0.1) is 23.3 Å². The predicted octanol–water partition coefficient (Wildman–Crippen LogP) is 2.94. The van der Waals surface area contributed by atoms with Crippen molar-refractivity contribution in [2.45, 2.75) is 31.3 Å². The summed E-state index contributed by atoms with van der Waals surface area (Å²) in [5, 5.41) is 14.0. The number of halogens is 4. The smallest absolute Gasteiger partial charge is 0.488 e. The molecule has 2 atom stereocenters. The lowest BCUT2D eigenvalue weighted by Crippen LogP contribution is -2.47. The summed E-state index contributed by atoms with van der Waals surface area (Å²) >= 11 is 6.42. The number of nitrogens with zero attached hydrogens (tertiary/aromatic N) is 2. The number of rotatable bonds is 7. The molecular formula is C20H20ClF3N4O5. The zero-order chi connectivity index (χ0) is 23.4. The van der Waals surface area contributed by atoms with Crippen LogP contribution in [0.25, 0.3) is 5.03 Å². The van der Waals surface area contributed by atoms with Gasteiger partial charge in [0.1, 0.15) is 19.0 Å². The zero-order valence-corrected chi connectivity index (χ0v) is 17.9. The molecule has 0 aliphatic carbocycles. The van der Waals surface area contributed by atoms with Gasteiger partial charge in [-0.25, -0.2) is 0 Å². The Kier molecular flexibility index (Phi) is 7.05. The van der Waals surface area contributed by atoms with Crippen molar-refractivity contribution < 1.29 is 36.6 Å². The van der Waals surface area contributed by atoms with Gasteiger partial charge in [-0.15, -0.1) is 18.3 Å². The van der Waals surface area contributed by atoms with E-state index in [1.807, 2.05) is 12.1 Å². The molecule has 1 saturated heterocycles. The van der Waals surface area contributed by atoms with Crippen LogP contribution in [0.3, 0.4) is 0 Å². The first-order valence-corrected chi connectivity index (χ1v) is 10.5. The van der Waals surface area contributed by atoms with Gasteiger partial charge in [0.2, 0.25) is 5.89 Å². The van der Waals surface area contributed by atoms with Crippen LogP contribution in [0, 0.1) is 0 Å². The number of hydrogen-bond acceptors (Lipinski definition) is 8. The lowest BCUT2D eigenvalue weighted by atomic mass is 10.00. The third-order valence-corrected chi connectivity index (χ3v) is 5.51. The zero-order valence-electron chi connectivity index (χ0n) is 17.2. The first kappa shape index (κ1) is 23.3. The Morgan fingerprint density at radius 2 is 2.06 bits per heavy atom. The lowest BCUT2D eigenvalue weighted by Gasteiger charge is -2.29. The minimum atomic E-state index is -4.72. The summed E-state index contributed by atoms with van der Waals surface area (Å²) in [4.78, 5) is 12.7. The quantitative estimate of drug-likeness (QED) is 0.573. The number of benzene rings is 1. The van der Waals surface area contributed by atoms with Crippen molar-refractivity contribution in [3.8, 4) is 11.8 Å². The van der Waals surface area contributed by atoms with Crippen molar-refractivity contribution in [3.63, 3.8) is 0 Å². The van der Waals surface area contributed by atoms with E-state index in [4.69, 9.17) is 25.5 Å². The van der Waals surface area contributed by atoms with Crippen molar-refractivity contribution in [1.82, 2.24) is 20.8 Å². The first-order valence-electron chi connectivity index (χ1n) is 10.1. The fraction of sp³-hybridized carbons (Fsp3) is 0.450. The van der Waals surface area contributed by atoms with Crippen LogP contribution in [0.15, 0.2) is 34.3 Å². The first-order chi connectivity index (χ1) is 15.8. The lowest BCUT2D eigenvalue weighted by molar-refractivity contribution is -0.325. The summed E-state index contributed by atoms with van der Waals surface area (Å²) in [6, 6.07) is 6.81. The molecule has 3 heterocycles. The number of piperidine rings is 1. The van der Waals surface area contributed by atoms with Crippen molar-refractivity contribution in [2.24, 2.45) is 0 Å². The van der Waals surface area contributed by atoms with Crippen LogP contribution in [0.4, 0.5) is 13.2 Å². The summed E-state index contributed by atoms with van der Waals surface area (Å²) in [5.74, 6) is 0.584. The second-order valence-electron chi connectivity index (χ2n) is 7.33. The van der Waals surface area contributed by atoms with Crippen LogP contribution < -0.4 is 20.1 Å². The van der Waals surface area contributed by atoms with Gasteiger partial charge in [-0.2, -0.15) is 0 Å². The summed E-state index contributed by atoms with van der Waals surface area (Å²) in [6.07, 6.45) is -3.76. The standard InChI is InChI=1S/C20H20ClF3N4O5/c21-16-12-3-1-2-4-15(12)31-10-13(16)17(29)26-11-5-6-14(25-9-11)18-27-28-19(33-18)30-7-8-32-20(22,23)24/h1-4,11,14,25H,5-10H2,(H,26,29)/t11-,14+/m0/s1. The number of aromatic nitrogens is 2. The molecule has 1 aromatic heterocycles. The van der Waals surface area contributed by atoms with Crippen molar-refractivity contribution >= 4 is 22.5 Å². The van der Waals surface area contributed by atoms with Crippen LogP contribution >= 0.6 is 11.6 Å². The van der Waals surface area contributed by atoms with E-state index in [1.54, 1.807) is 12.1 Å². The molecular weight excluding hydrogens is 469 g/mol. The average Bonchev–Trinajstić information content (AvgIpc) is 3.26. The number of alkyl halides is 3. The van der Waals surface area contributed by atoms with E-state index in [9.17, 15) is 18.0 Å². The van der Waals surface area contributed by atoms with Gasteiger partial charge in [-0.3, -0.25) is 9.53 Å². The largest absolute Gasteiger partial charge is 0.522 e. The molecule has 2 aliphatic rings. The normalized spacial score (nSPS) is 20.7. The Hall–Kier alpha value is -2.83. The molecule has 2 N–H and O–H groups in total. The number of ether oxygens (including phenoxy) is 3. The van der Waals surface area contributed by atoms with E-state index in [2.05, 4.69) is 25.6 Å². The number of amides is 1. The van der Waals surface area contributed by atoms with Crippen LogP contribution in [0.5, 0.6) is 11.8 Å². The van der Waals surface area contributed by atoms with E-state index < -0.39 is 13.0 Å². The monoisotopic (exact) mass is 488 g/mol. The molecule has 4 rings (SSSR count). The number of hydrogen-bond donors (Lipinski definition) is 2. The maximum absolute atomic E-state index is 12.7. The number of carbonyl (C=O) groups is 1. The van der Waals surface area contributed by atoms with Gasteiger partial charge in [0.25, 0.3) is 5.91 Å². The summed E-state index contributed by atoms with van der Waals surface area (Å²) < 4.78 is 55.4. The molecule has 0 spiro atoms. The molecule has 0 saturated carbocycles. The topological polar surface area (TPSA) is 108 Å². The third-order valence-electron chi connectivity index (χ3n) is 5.08. The predicted molar refractivity (Wildman–Crippen MR) is 108 cm³/mol.